The number of hydrogen-bond donors (Lipinski definition) is 1. The fourth-order valence-electron chi connectivity index (χ4n) is 2.38. The second-order valence-electron chi connectivity index (χ2n) is 4.79. The van der Waals surface area contributed by atoms with Crippen molar-refractivity contribution < 1.29 is 9.53 Å². The first-order chi connectivity index (χ1) is 9.67. The van der Waals surface area contributed by atoms with Gasteiger partial charge in [0.05, 0.1) is 12.6 Å². The van der Waals surface area contributed by atoms with E-state index in [-0.39, 0.29) is 18.1 Å². The summed E-state index contributed by atoms with van der Waals surface area (Å²) in [6, 6.07) is 8.22. The van der Waals surface area contributed by atoms with Crippen molar-refractivity contribution in [1.29, 1.82) is 0 Å². The molecule has 2 unspecified atom stereocenters. The van der Waals surface area contributed by atoms with Gasteiger partial charge in [0.2, 0.25) is 5.91 Å². The largest absolute Gasteiger partial charge is 0.380 e. The minimum Gasteiger partial charge on any atom is -0.380 e. The number of carbonyl (C=O) groups excluding carboxylic acids is 1. The molecular formula is C15H22N2O2S. The minimum absolute atomic E-state index is 0.0473. The van der Waals surface area contributed by atoms with Crippen molar-refractivity contribution in [1.82, 2.24) is 10.2 Å². The SMILES string of the molecule is CCOCCN1C(=O)C(C)NC1c1ccc(SC)cc1. The number of nitrogens with one attached hydrogen (secondary N) is 1. The van der Waals surface area contributed by atoms with Gasteiger partial charge in [-0.2, -0.15) is 0 Å². The van der Waals surface area contributed by atoms with E-state index in [9.17, 15) is 4.79 Å². The zero-order valence-corrected chi connectivity index (χ0v) is 13.1. The molecule has 1 fully saturated rings. The van der Waals surface area contributed by atoms with E-state index in [0.29, 0.717) is 19.8 Å². The fraction of sp³-hybridized carbons (Fsp3) is 0.533. The molecule has 1 heterocycles. The Balaban J connectivity index is 2.12. The number of carbonyl (C=O) groups is 1. The van der Waals surface area contributed by atoms with E-state index in [4.69, 9.17) is 4.74 Å². The Hall–Kier alpha value is -1.04. The normalized spacial score (nSPS) is 22.6. The lowest BCUT2D eigenvalue weighted by molar-refractivity contribution is -0.130. The second-order valence-corrected chi connectivity index (χ2v) is 5.67. The Labute approximate surface area is 124 Å². The lowest BCUT2D eigenvalue weighted by Gasteiger charge is -2.24. The average Bonchev–Trinajstić information content (AvgIpc) is 2.76. The third-order valence-corrected chi connectivity index (χ3v) is 4.23. The number of amides is 1. The molecule has 0 aromatic heterocycles. The van der Waals surface area contributed by atoms with Crippen LogP contribution < -0.4 is 5.32 Å². The van der Waals surface area contributed by atoms with Crippen LogP contribution in [0.4, 0.5) is 0 Å². The van der Waals surface area contributed by atoms with Gasteiger partial charge in [-0.1, -0.05) is 12.1 Å². The third-order valence-electron chi connectivity index (χ3n) is 3.49. The smallest absolute Gasteiger partial charge is 0.241 e. The molecule has 1 aliphatic rings. The summed E-state index contributed by atoms with van der Waals surface area (Å²) in [6.45, 7) is 5.75. The van der Waals surface area contributed by atoms with E-state index in [1.807, 2.05) is 18.7 Å². The van der Waals surface area contributed by atoms with Crippen molar-refractivity contribution in [2.24, 2.45) is 0 Å². The highest BCUT2D eigenvalue weighted by Gasteiger charge is 2.36. The topological polar surface area (TPSA) is 41.6 Å². The zero-order chi connectivity index (χ0) is 14.5. The predicted molar refractivity (Wildman–Crippen MR) is 81.8 cm³/mol. The van der Waals surface area contributed by atoms with Gasteiger partial charge in [-0.25, -0.2) is 0 Å². The second kappa shape index (κ2) is 7.11. The van der Waals surface area contributed by atoms with E-state index in [2.05, 4.69) is 35.8 Å². The lowest BCUT2D eigenvalue weighted by Crippen LogP contribution is -2.33. The van der Waals surface area contributed by atoms with E-state index in [0.717, 1.165) is 5.56 Å². The monoisotopic (exact) mass is 294 g/mol. The van der Waals surface area contributed by atoms with E-state index < -0.39 is 0 Å². The summed E-state index contributed by atoms with van der Waals surface area (Å²) in [6.07, 6.45) is 2.01. The highest BCUT2D eigenvalue weighted by Crippen LogP contribution is 2.26. The molecule has 0 radical (unpaired) electrons. The van der Waals surface area contributed by atoms with Crippen LogP contribution in [0.1, 0.15) is 25.6 Å². The number of nitrogens with zero attached hydrogens (tertiary/aromatic N) is 1. The molecule has 1 saturated heterocycles. The molecule has 1 amide bonds. The van der Waals surface area contributed by atoms with Crippen LogP contribution in [-0.2, 0) is 9.53 Å². The zero-order valence-electron chi connectivity index (χ0n) is 12.3. The molecule has 2 rings (SSSR count). The van der Waals surface area contributed by atoms with Crippen LogP contribution in [0.15, 0.2) is 29.2 Å². The average molecular weight is 294 g/mol. The molecule has 110 valence electrons. The molecule has 0 saturated carbocycles. The molecule has 20 heavy (non-hydrogen) atoms. The van der Waals surface area contributed by atoms with Crippen molar-refractivity contribution in [2.45, 2.75) is 31.0 Å². The first-order valence-electron chi connectivity index (χ1n) is 6.95. The summed E-state index contributed by atoms with van der Waals surface area (Å²) in [4.78, 5) is 15.3. The van der Waals surface area contributed by atoms with Crippen molar-refractivity contribution in [3.8, 4) is 0 Å². The number of ether oxygens (including phenoxy) is 1. The maximum absolute atomic E-state index is 12.2. The number of thioether (sulfide) groups is 1. The predicted octanol–water partition coefficient (Wildman–Crippen LogP) is 2.26. The molecule has 0 aliphatic carbocycles. The summed E-state index contributed by atoms with van der Waals surface area (Å²) in [5, 5.41) is 3.35. The van der Waals surface area contributed by atoms with Crippen LogP contribution in [0.5, 0.6) is 0 Å². The summed E-state index contributed by atoms with van der Waals surface area (Å²) < 4.78 is 5.37. The van der Waals surface area contributed by atoms with Crippen molar-refractivity contribution in [3.63, 3.8) is 0 Å². The Morgan fingerprint density at radius 3 is 2.65 bits per heavy atom. The maximum atomic E-state index is 12.2. The van der Waals surface area contributed by atoms with Crippen LogP contribution in [0.2, 0.25) is 0 Å². The van der Waals surface area contributed by atoms with Gasteiger partial charge in [-0.15, -0.1) is 11.8 Å². The Morgan fingerprint density at radius 2 is 2.05 bits per heavy atom. The van der Waals surface area contributed by atoms with Gasteiger partial charge in [-0.3, -0.25) is 10.1 Å². The molecule has 0 spiro atoms. The van der Waals surface area contributed by atoms with Crippen molar-refractivity contribution in [3.05, 3.63) is 29.8 Å². The van der Waals surface area contributed by atoms with Crippen LogP contribution >= 0.6 is 11.8 Å². The Kier molecular flexibility index (Phi) is 5.46. The molecule has 1 aromatic rings. The van der Waals surface area contributed by atoms with Crippen molar-refractivity contribution >= 4 is 17.7 Å². The van der Waals surface area contributed by atoms with Gasteiger partial charge >= 0.3 is 0 Å². The number of rotatable bonds is 6. The highest BCUT2D eigenvalue weighted by molar-refractivity contribution is 7.98. The molecule has 1 N–H and O–H groups in total. The van der Waals surface area contributed by atoms with Gasteiger partial charge in [0.15, 0.2) is 0 Å². The third kappa shape index (κ3) is 3.34. The molecule has 4 nitrogen and oxygen atoms in total. The van der Waals surface area contributed by atoms with E-state index in [1.165, 1.54) is 4.90 Å². The van der Waals surface area contributed by atoms with E-state index >= 15 is 0 Å². The first kappa shape index (κ1) is 15.4. The molecule has 0 bridgehead atoms. The molecular weight excluding hydrogens is 272 g/mol. The Morgan fingerprint density at radius 1 is 1.35 bits per heavy atom. The summed E-state index contributed by atoms with van der Waals surface area (Å²) >= 11 is 1.72. The lowest BCUT2D eigenvalue weighted by atomic mass is 10.1. The maximum Gasteiger partial charge on any atom is 0.241 e. The van der Waals surface area contributed by atoms with Crippen LogP contribution in [0, 0.1) is 0 Å². The molecule has 2 atom stereocenters. The van der Waals surface area contributed by atoms with Gasteiger partial charge in [-0.05, 0) is 37.8 Å². The Bertz CT molecular complexity index is 450. The standard InChI is InChI=1S/C15H22N2O2S/c1-4-19-10-9-17-14(16-11(2)15(17)18)12-5-7-13(20-3)8-6-12/h5-8,11,14,16H,4,9-10H2,1-3H3. The summed E-state index contributed by atoms with van der Waals surface area (Å²) in [7, 11) is 0. The minimum atomic E-state index is -0.137. The quantitative estimate of drug-likeness (QED) is 0.645. The number of hydrogen-bond acceptors (Lipinski definition) is 4. The van der Waals surface area contributed by atoms with Crippen LogP contribution in [0.3, 0.4) is 0 Å². The molecule has 1 aliphatic heterocycles. The molecule has 1 aromatic carbocycles. The van der Waals surface area contributed by atoms with Gasteiger partial charge in [0.25, 0.3) is 0 Å². The van der Waals surface area contributed by atoms with E-state index in [1.54, 1.807) is 11.8 Å². The van der Waals surface area contributed by atoms with Gasteiger partial charge < -0.3 is 9.64 Å². The molecule has 5 heteroatoms. The van der Waals surface area contributed by atoms with Crippen molar-refractivity contribution in [2.75, 3.05) is 26.0 Å². The first-order valence-corrected chi connectivity index (χ1v) is 8.18. The number of benzene rings is 1. The van der Waals surface area contributed by atoms with Gasteiger partial charge in [0.1, 0.15) is 6.17 Å². The fourth-order valence-corrected chi connectivity index (χ4v) is 2.79. The van der Waals surface area contributed by atoms with Crippen LogP contribution in [0.25, 0.3) is 0 Å². The summed E-state index contributed by atoms with van der Waals surface area (Å²) in [5.41, 5.74) is 1.12. The summed E-state index contributed by atoms with van der Waals surface area (Å²) in [5.74, 6) is 0.142. The van der Waals surface area contributed by atoms with Gasteiger partial charge in [0, 0.05) is 18.0 Å². The van der Waals surface area contributed by atoms with Crippen LogP contribution in [-0.4, -0.2) is 42.9 Å². The highest BCUT2D eigenvalue weighted by atomic mass is 32.2.